The summed E-state index contributed by atoms with van der Waals surface area (Å²) in [7, 11) is 0. The summed E-state index contributed by atoms with van der Waals surface area (Å²) in [5, 5.41) is 19.2. The molecular weight excluding hydrogens is 670 g/mol. The summed E-state index contributed by atoms with van der Waals surface area (Å²) in [6, 6.07) is 10.8. The van der Waals surface area contributed by atoms with Crippen LogP contribution in [-0.2, 0) is 0 Å². The molecule has 2 aliphatic rings. The standard InChI is InChI=1S/C14H12BrFN2.C9H4BrFN2.C5H9Br/c15-12-6-14-11(5-13(12)16)9(7-17)8-18(14)10-3-1-2-4-10;10-7-2-9-6(1-8(7)11)5(3-12)4-13-9;6-5-3-1-2-4-5/h5-6,8,10H,1-4H2;1-2,4,13H;5H,1-4H2. The number of fused-ring (bicyclic) bond motifs is 2. The number of nitrogens with zero attached hydrogens (tertiary/aromatic N) is 3. The first-order chi connectivity index (χ1) is 17.8. The average Bonchev–Trinajstić information content (AvgIpc) is 3.69. The molecule has 192 valence electrons. The van der Waals surface area contributed by atoms with Gasteiger partial charge < -0.3 is 9.55 Å². The van der Waals surface area contributed by atoms with Crippen molar-refractivity contribution in [2.45, 2.75) is 62.2 Å². The van der Waals surface area contributed by atoms with Gasteiger partial charge in [0.1, 0.15) is 23.8 Å². The first-order valence-corrected chi connectivity index (χ1v) is 14.7. The summed E-state index contributed by atoms with van der Waals surface area (Å²) in [5.41, 5.74) is 2.72. The number of aromatic nitrogens is 2. The summed E-state index contributed by atoms with van der Waals surface area (Å²) >= 11 is 9.83. The Bertz CT molecular complexity index is 1480. The zero-order valence-corrected chi connectivity index (χ0v) is 24.8. The molecule has 2 saturated carbocycles. The minimum Gasteiger partial charge on any atom is -0.360 e. The van der Waals surface area contributed by atoms with Crippen LogP contribution in [0.5, 0.6) is 0 Å². The second-order valence-corrected chi connectivity index (χ2v) is 12.3. The zero-order valence-electron chi connectivity index (χ0n) is 20.0. The third-order valence-electron chi connectivity index (χ3n) is 6.84. The predicted octanol–water partition coefficient (Wildman–Crippen LogP) is 9.79. The van der Waals surface area contributed by atoms with Gasteiger partial charge in [-0.25, -0.2) is 8.78 Å². The number of hydrogen-bond donors (Lipinski definition) is 1. The van der Waals surface area contributed by atoms with Gasteiger partial charge in [0.2, 0.25) is 0 Å². The van der Waals surface area contributed by atoms with Crippen LogP contribution in [0.4, 0.5) is 8.78 Å². The van der Waals surface area contributed by atoms with E-state index in [9.17, 15) is 8.78 Å². The summed E-state index contributed by atoms with van der Waals surface area (Å²) in [6.45, 7) is 0. The third kappa shape index (κ3) is 6.45. The minimum absolute atomic E-state index is 0.317. The number of nitrogens with one attached hydrogen (secondary N) is 1. The van der Waals surface area contributed by atoms with Crippen LogP contribution in [0, 0.1) is 34.3 Å². The van der Waals surface area contributed by atoms with Crippen molar-refractivity contribution in [3.8, 4) is 12.1 Å². The third-order valence-corrected chi connectivity index (χ3v) is 8.97. The van der Waals surface area contributed by atoms with Crippen molar-refractivity contribution in [1.82, 2.24) is 9.55 Å². The fraction of sp³-hybridized carbons (Fsp3) is 0.357. The molecule has 2 aliphatic carbocycles. The number of alkyl halides is 1. The maximum Gasteiger partial charge on any atom is 0.138 e. The van der Waals surface area contributed by atoms with Crippen LogP contribution in [0.25, 0.3) is 21.8 Å². The molecule has 0 bridgehead atoms. The second kappa shape index (κ2) is 12.6. The monoisotopic (exact) mass is 692 g/mol. The van der Waals surface area contributed by atoms with E-state index in [1.807, 2.05) is 12.3 Å². The minimum atomic E-state index is -0.358. The van der Waals surface area contributed by atoms with E-state index < -0.39 is 0 Å². The van der Waals surface area contributed by atoms with Gasteiger partial charge in [0, 0.05) is 39.6 Å². The van der Waals surface area contributed by atoms with E-state index in [4.69, 9.17) is 10.5 Å². The highest BCUT2D eigenvalue weighted by atomic mass is 79.9. The molecule has 0 unspecified atom stereocenters. The fourth-order valence-electron chi connectivity index (χ4n) is 4.90. The molecule has 37 heavy (non-hydrogen) atoms. The van der Waals surface area contributed by atoms with Crippen molar-refractivity contribution in [1.29, 1.82) is 10.5 Å². The Labute approximate surface area is 240 Å². The average molecular weight is 695 g/mol. The number of benzene rings is 2. The Hall–Kier alpha value is -2.20. The van der Waals surface area contributed by atoms with Crippen LogP contribution >= 0.6 is 47.8 Å². The molecule has 4 aromatic rings. The summed E-state index contributed by atoms with van der Waals surface area (Å²) < 4.78 is 29.7. The van der Waals surface area contributed by atoms with Crippen molar-refractivity contribution in [3.63, 3.8) is 0 Å². The molecule has 0 radical (unpaired) electrons. The molecular formula is C28H25Br3F2N4. The van der Waals surface area contributed by atoms with Crippen LogP contribution in [0.1, 0.15) is 68.5 Å². The molecule has 0 amide bonds. The lowest BCUT2D eigenvalue weighted by molar-refractivity contribution is 0.535. The predicted molar refractivity (Wildman–Crippen MR) is 154 cm³/mol. The highest BCUT2D eigenvalue weighted by molar-refractivity contribution is 9.10. The fourth-order valence-corrected chi connectivity index (χ4v) is 6.22. The molecule has 0 spiro atoms. The van der Waals surface area contributed by atoms with Gasteiger partial charge in [-0.05, 0) is 81.8 Å². The molecule has 1 N–H and O–H groups in total. The Balaban J connectivity index is 0.000000146. The number of hydrogen-bond acceptors (Lipinski definition) is 2. The number of nitriles is 2. The Kier molecular flexibility index (Phi) is 9.45. The Morgan fingerprint density at radius 1 is 0.811 bits per heavy atom. The van der Waals surface area contributed by atoms with Gasteiger partial charge in [-0.15, -0.1) is 0 Å². The van der Waals surface area contributed by atoms with Crippen molar-refractivity contribution < 1.29 is 8.78 Å². The quantitative estimate of drug-likeness (QED) is 0.202. The molecule has 0 atom stereocenters. The summed E-state index contributed by atoms with van der Waals surface area (Å²) in [6.07, 6.45) is 13.9. The van der Waals surface area contributed by atoms with Crippen molar-refractivity contribution in [2.75, 3.05) is 0 Å². The van der Waals surface area contributed by atoms with E-state index in [-0.39, 0.29) is 11.6 Å². The van der Waals surface area contributed by atoms with E-state index >= 15 is 0 Å². The van der Waals surface area contributed by atoms with Crippen LogP contribution in [0.15, 0.2) is 45.6 Å². The van der Waals surface area contributed by atoms with Crippen molar-refractivity contribution in [2.24, 2.45) is 0 Å². The Morgan fingerprint density at radius 3 is 1.95 bits per heavy atom. The number of H-pyrrole nitrogens is 1. The largest absolute Gasteiger partial charge is 0.360 e. The maximum atomic E-state index is 13.6. The first-order valence-electron chi connectivity index (χ1n) is 12.2. The highest BCUT2D eigenvalue weighted by Gasteiger charge is 2.21. The van der Waals surface area contributed by atoms with Gasteiger partial charge in [-0.1, -0.05) is 41.6 Å². The topological polar surface area (TPSA) is 68.3 Å². The van der Waals surface area contributed by atoms with E-state index in [2.05, 4.69) is 63.4 Å². The lowest BCUT2D eigenvalue weighted by Gasteiger charge is -2.13. The van der Waals surface area contributed by atoms with Crippen molar-refractivity contribution in [3.05, 3.63) is 68.4 Å². The molecule has 9 heteroatoms. The van der Waals surface area contributed by atoms with Gasteiger partial charge in [-0.2, -0.15) is 10.5 Å². The maximum absolute atomic E-state index is 13.6. The van der Waals surface area contributed by atoms with Crippen LogP contribution in [0.2, 0.25) is 0 Å². The summed E-state index contributed by atoms with van der Waals surface area (Å²) in [5.74, 6) is -0.674. The number of halogens is 5. The SMILES string of the molecule is BrC1CCCC1.N#Cc1c[nH]c2cc(Br)c(F)cc12.N#Cc1cn(C2CCCC2)c2cc(Br)c(F)cc12. The van der Waals surface area contributed by atoms with E-state index in [1.165, 1.54) is 50.7 Å². The van der Waals surface area contributed by atoms with Crippen LogP contribution in [-0.4, -0.2) is 14.4 Å². The van der Waals surface area contributed by atoms with Crippen LogP contribution < -0.4 is 0 Å². The van der Waals surface area contributed by atoms with Gasteiger partial charge in [0.25, 0.3) is 0 Å². The van der Waals surface area contributed by atoms with E-state index in [0.717, 1.165) is 28.7 Å². The van der Waals surface area contributed by atoms with E-state index in [0.29, 0.717) is 36.9 Å². The molecule has 6 rings (SSSR count). The van der Waals surface area contributed by atoms with Gasteiger partial charge in [-0.3, -0.25) is 0 Å². The molecule has 0 aliphatic heterocycles. The molecule has 2 fully saturated rings. The van der Waals surface area contributed by atoms with E-state index in [1.54, 1.807) is 18.3 Å². The Morgan fingerprint density at radius 2 is 1.38 bits per heavy atom. The first kappa shape index (κ1) is 27.8. The van der Waals surface area contributed by atoms with Crippen molar-refractivity contribution >= 4 is 69.6 Å². The van der Waals surface area contributed by atoms with Crippen LogP contribution in [0.3, 0.4) is 0 Å². The smallest absolute Gasteiger partial charge is 0.138 e. The molecule has 0 saturated heterocycles. The van der Waals surface area contributed by atoms with Gasteiger partial charge in [0.05, 0.1) is 25.6 Å². The number of aromatic amines is 1. The second-order valence-electron chi connectivity index (χ2n) is 9.29. The van der Waals surface area contributed by atoms with Gasteiger partial charge in [0.15, 0.2) is 0 Å². The molecule has 2 aromatic heterocycles. The summed E-state index contributed by atoms with van der Waals surface area (Å²) in [4.78, 5) is 3.75. The zero-order chi connectivity index (χ0) is 26.5. The normalized spacial score (nSPS) is 15.6. The highest BCUT2D eigenvalue weighted by Crippen LogP contribution is 2.36. The molecule has 2 heterocycles. The lowest BCUT2D eigenvalue weighted by Crippen LogP contribution is -2.02. The molecule has 4 nitrogen and oxygen atoms in total. The lowest BCUT2D eigenvalue weighted by atomic mass is 10.2. The molecule has 2 aromatic carbocycles. The van der Waals surface area contributed by atoms with Gasteiger partial charge >= 0.3 is 0 Å². The number of rotatable bonds is 1.